The summed E-state index contributed by atoms with van der Waals surface area (Å²) < 4.78 is 5.04. The minimum atomic E-state index is -0.536. The van der Waals surface area contributed by atoms with Gasteiger partial charge in [0.25, 0.3) is 0 Å². The van der Waals surface area contributed by atoms with Crippen molar-refractivity contribution in [2.24, 2.45) is 5.73 Å². The molecule has 1 saturated heterocycles. The predicted octanol–water partition coefficient (Wildman–Crippen LogP) is 0.629. The number of fused-ring (bicyclic) bond motifs is 1. The number of carbonyl (C=O) groups excluding carboxylic acids is 2. The molecule has 2 aromatic heterocycles. The van der Waals surface area contributed by atoms with E-state index in [0.717, 1.165) is 5.56 Å². The first-order chi connectivity index (χ1) is 13.1. The van der Waals surface area contributed by atoms with Gasteiger partial charge in [0.15, 0.2) is 5.65 Å². The van der Waals surface area contributed by atoms with Crippen LogP contribution in [-0.4, -0.2) is 64.6 Å². The average molecular weight is 369 g/mol. The number of aromatic amines is 1. The molecule has 1 fully saturated rings. The molecule has 10 nitrogen and oxygen atoms in total. The Morgan fingerprint density at radius 2 is 2.15 bits per heavy atom. The summed E-state index contributed by atoms with van der Waals surface area (Å²) >= 11 is 0. The van der Waals surface area contributed by atoms with Crippen molar-refractivity contribution in [3.05, 3.63) is 24.0 Å². The zero-order chi connectivity index (χ0) is 19.2. The molecule has 2 amide bonds. The Labute approximate surface area is 155 Å². The van der Waals surface area contributed by atoms with Gasteiger partial charge < -0.3 is 25.3 Å². The van der Waals surface area contributed by atoms with Crippen LogP contribution in [-0.2, 0) is 9.53 Å². The monoisotopic (exact) mass is 369 g/mol. The molecular formula is C17H19N7O3. The van der Waals surface area contributed by atoms with Gasteiger partial charge >= 0.3 is 6.09 Å². The number of carbonyl (C=O) groups is 2. The third kappa shape index (κ3) is 4.33. The van der Waals surface area contributed by atoms with Gasteiger partial charge in [-0.2, -0.15) is 5.26 Å². The number of H-pyrrole nitrogens is 1. The van der Waals surface area contributed by atoms with Crippen LogP contribution in [0.2, 0.25) is 0 Å². The lowest BCUT2D eigenvalue weighted by atomic mass is 10.2. The van der Waals surface area contributed by atoms with Crippen molar-refractivity contribution in [2.45, 2.75) is 6.42 Å². The van der Waals surface area contributed by atoms with Gasteiger partial charge in [0.05, 0.1) is 18.7 Å². The van der Waals surface area contributed by atoms with Gasteiger partial charge in [-0.15, -0.1) is 0 Å². The van der Waals surface area contributed by atoms with E-state index in [1.165, 1.54) is 6.08 Å². The number of nitriles is 1. The van der Waals surface area contributed by atoms with Crippen molar-refractivity contribution in [3.63, 3.8) is 0 Å². The van der Waals surface area contributed by atoms with Crippen molar-refractivity contribution in [1.82, 2.24) is 19.9 Å². The molecule has 0 aromatic carbocycles. The second-order valence-corrected chi connectivity index (χ2v) is 5.90. The maximum Gasteiger partial charge on any atom is 0.409 e. The van der Waals surface area contributed by atoms with Crippen molar-refractivity contribution in [3.8, 4) is 6.07 Å². The highest BCUT2D eigenvalue weighted by Gasteiger charge is 2.23. The lowest BCUT2D eigenvalue weighted by Gasteiger charge is -2.34. The smallest absolute Gasteiger partial charge is 0.409 e. The van der Waals surface area contributed by atoms with Crippen LogP contribution in [0.15, 0.2) is 18.5 Å². The van der Waals surface area contributed by atoms with Crippen LogP contribution in [0.1, 0.15) is 12.0 Å². The number of amides is 2. The Morgan fingerprint density at radius 3 is 2.85 bits per heavy atom. The summed E-state index contributed by atoms with van der Waals surface area (Å²) in [5.74, 6) is 0.152. The van der Waals surface area contributed by atoms with Crippen LogP contribution in [0.3, 0.4) is 0 Å². The van der Waals surface area contributed by atoms with Crippen molar-refractivity contribution >= 4 is 35.1 Å². The summed E-state index contributed by atoms with van der Waals surface area (Å²) in [5, 5.41) is 8.49. The number of anilines is 1. The molecule has 10 heteroatoms. The Morgan fingerprint density at radius 1 is 1.37 bits per heavy atom. The van der Waals surface area contributed by atoms with Crippen LogP contribution in [0, 0.1) is 11.3 Å². The van der Waals surface area contributed by atoms with E-state index in [1.54, 1.807) is 23.4 Å². The number of primary amides is 1. The normalized spacial score (nSPS) is 14.5. The molecule has 3 N–H and O–H groups in total. The highest BCUT2D eigenvalue weighted by atomic mass is 16.6. The Hall–Kier alpha value is -3.61. The number of hydrogen-bond acceptors (Lipinski definition) is 7. The summed E-state index contributed by atoms with van der Waals surface area (Å²) in [6.45, 7) is 2.26. The summed E-state index contributed by atoms with van der Waals surface area (Å²) in [7, 11) is 0. The van der Waals surface area contributed by atoms with Crippen LogP contribution in [0.5, 0.6) is 0 Å². The van der Waals surface area contributed by atoms with Gasteiger partial charge in [-0.3, -0.25) is 4.79 Å². The first kappa shape index (κ1) is 18.2. The van der Waals surface area contributed by atoms with E-state index in [9.17, 15) is 9.59 Å². The highest BCUT2D eigenvalue weighted by molar-refractivity contribution is 5.93. The van der Waals surface area contributed by atoms with Crippen LogP contribution in [0.4, 0.5) is 10.6 Å². The van der Waals surface area contributed by atoms with Gasteiger partial charge in [0, 0.05) is 44.0 Å². The Kier molecular flexibility index (Phi) is 5.51. The molecule has 0 bridgehead atoms. The van der Waals surface area contributed by atoms with Crippen molar-refractivity contribution in [1.29, 1.82) is 5.26 Å². The standard InChI is InChI=1S/C17H19N7O3/c18-4-1-9-27-17(26)24-7-5-23(6-8-24)14-11-21-16-15(22-14)12(10-20-16)2-3-13(19)25/h2-3,10-11H,1,5-9H2,(H2,19,25)(H,20,21). The zero-order valence-corrected chi connectivity index (χ0v) is 14.6. The summed E-state index contributed by atoms with van der Waals surface area (Å²) in [5.41, 5.74) is 7.11. The number of ether oxygens (including phenoxy) is 1. The third-order valence-electron chi connectivity index (χ3n) is 4.13. The molecule has 3 heterocycles. The number of aromatic nitrogens is 3. The number of piperazine rings is 1. The summed E-state index contributed by atoms with van der Waals surface area (Å²) in [6, 6.07) is 1.93. The summed E-state index contributed by atoms with van der Waals surface area (Å²) in [6.07, 6.45) is 6.02. The fourth-order valence-corrected chi connectivity index (χ4v) is 2.75. The molecule has 0 atom stereocenters. The van der Waals surface area contributed by atoms with Crippen LogP contribution in [0.25, 0.3) is 17.2 Å². The first-order valence-electron chi connectivity index (χ1n) is 8.43. The lowest BCUT2D eigenvalue weighted by molar-refractivity contribution is -0.113. The Bertz CT molecular complexity index is 907. The van der Waals surface area contributed by atoms with E-state index in [2.05, 4.69) is 15.0 Å². The van der Waals surface area contributed by atoms with Gasteiger partial charge in [-0.05, 0) is 6.08 Å². The number of hydrogen-bond donors (Lipinski definition) is 2. The molecule has 140 valence electrons. The first-order valence-corrected chi connectivity index (χ1v) is 8.43. The molecule has 1 aliphatic rings. The van der Waals surface area contributed by atoms with Crippen molar-refractivity contribution < 1.29 is 14.3 Å². The molecule has 27 heavy (non-hydrogen) atoms. The van der Waals surface area contributed by atoms with E-state index < -0.39 is 12.0 Å². The quantitative estimate of drug-likeness (QED) is 0.581. The minimum absolute atomic E-state index is 0.104. The molecule has 0 unspecified atom stereocenters. The zero-order valence-electron chi connectivity index (χ0n) is 14.6. The largest absolute Gasteiger partial charge is 0.448 e. The molecule has 0 saturated carbocycles. The fraction of sp³-hybridized carbons (Fsp3) is 0.353. The number of nitrogens with zero attached hydrogens (tertiary/aromatic N) is 5. The highest BCUT2D eigenvalue weighted by Crippen LogP contribution is 2.20. The predicted molar refractivity (Wildman–Crippen MR) is 97.5 cm³/mol. The van der Waals surface area contributed by atoms with E-state index in [1.807, 2.05) is 11.0 Å². The SMILES string of the molecule is N#CCCOC(=O)N1CCN(c2cnc3[nH]cc(C=CC(N)=O)c3n2)CC1. The molecule has 1 aliphatic heterocycles. The van der Waals surface area contributed by atoms with Gasteiger partial charge in [0.1, 0.15) is 17.9 Å². The number of nitrogens with one attached hydrogen (secondary N) is 1. The Balaban J connectivity index is 1.66. The molecular weight excluding hydrogens is 350 g/mol. The maximum atomic E-state index is 11.9. The van der Waals surface area contributed by atoms with Gasteiger partial charge in [0.2, 0.25) is 5.91 Å². The van der Waals surface area contributed by atoms with E-state index in [0.29, 0.717) is 43.2 Å². The van der Waals surface area contributed by atoms with E-state index in [-0.39, 0.29) is 13.0 Å². The average Bonchev–Trinajstić information content (AvgIpc) is 3.09. The van der Waals surface area contributed by atoms with Crippen LogP contribution >= 0.6 is 0 Å². The van der Waals surface area contributed by atoms with E-state index in [4.69, 9.17) is 15.7 Å². The van der Waals surface area contributed by atoms with Gasteiger partial charge in [-0.1, -0.05) is 0 Å². The minimum Gasteiger partial charge on any atom is -0.448 e. The van der Waals surface area contributed by atoms with E-state index >= 15 is 0 Å². The second-order valence-electron chi connectivity index (χ2n) is 5.90. The van der Waals surface area contributed by atoms with Crippen LogP contribution < -0.4 is 10.6 Å². The van der Waals surface area contributed by atoms with Gasteiger partial charge in [-0.25, -0.2) is 14.8 Å². The molecule has 0 radical (unpaired) electrons. The molecule has 0 spiro atoms. The number of nitrogens with two attached hydrogens (primary N) is 1. The summed E-state index contributed by atoms with van der Waals surface area (Å²) in [4.78, 5) is 38.5. The molecule has 2 aromatic rings. The lowest BCUT2D eigenvalue weighted by Crippen LogP contribution is -2.49. The topological polar surface area (TPSA) is 141 Å². The van der Waals surface area contributed by atoms with Crippen molar-refractivity contribution in [2.75, 3.05) is 37.7 Å². The molecule has 0 aliphatic carbocycles. The third-order valence-corrected chi connectivity index (χ3v) is 4.13. The molecule has 3 rings (SSSR count). The maximum absolute atomic E-state index is 11.9. The number of rotatable bonds is 5. The fourth-order valence-electron chi connectivity index (χ4n) is 2.75. The second kappa shape index (κ2) is 8.18.